The Labute approximate surface area is 137 Å². The van der Waals surface area contributed by atoms with Gasteiger partial charge in [-0.2, -0.15) is 0 Å². The third-order valence-electron chi connectivity index (χ3n) is 4.03. The number of benzene rings is 3. The molecular weight excluding hydrogens is 299 g/mol. The molecule has 0 heterocycles. The van der Waals surface area contributed by atoms with Crippen molar-refractivity contribution in [3.8, 4) is 0 Å². The molecule has 3 aromatic rings. The topological polar surface area (TPSA) is 15.4 Å². The molecule has 0 aliphatic heterocycles. The second kappa shape index (κ2) is 6.76. The fourth-order valence-corrected chi connectivity index (χ4v) is 6.87. The van der Waals surface area contributed by atoms with Crippen molar-refractivity contribution in [1.29, 1.82) is 0 Å². The summed E-state index contributed by atoms with van der Waals surface area (Å²) in [5.74, 6) is 0. The van der Waals surface area contributed by atoms with Crippen molar-refractivity contribution in [2.24, 2.45) is 5.10 Å². The summed E-state index contributed by atoms with van der Waals surface area (Å²) in [6.45, 7) is 3.81. The zero-order valence-corrected chi connectivity index (χ0v) is 14.1. The lowest BCUT2D eigenvalue weighted by molar-refractivity contribution is -0.479. The Balaban J connectivity index is 2.50. The molecule has 0 radical (unpaired) electrons. The molecule has 0 amide bonds. The van der Waals surface area contributed by atoms with Crippen molar-refractivity contribution in [2.45, 2.75) is 0 Å². The SMILES string of the molecule is C=N[N+](C)=P(c1ccccc1)(c1ccccc1)c1ccccc1. The van der Waals surface area contributed by atoms with Gasteiger partial charge in [0.1, 0.15) is 0 Å². The Morgan fingerprint density at radius 1 is 0.652 bits per heavy atom. The molecule has 2 nitrogen and oxygen atoms in total. The maximum absolute atomic E-state index is 4.32. The second-order valence-electron chi connectivity index (χ2n) is 5.27. The first-order valence-electron chi connectivity index (χ1n) is 7.57. The molecule has 0 saturated carbocycles. The van der Waals surface area contributed by atoms with Gasteiger partial charge >= 0.3 is 0 Å². The number of rotatable bonds is 4. The van der Waals surface area contributed by atoms with E-state index in [2.05, 4.69) is 103 Å². The molecule has 0 atom stereocenters. The van der Waals surface area contributed by atoms with Crippen molar-refractivity contribution in [1.82, 2.24) is 0 Å². The van der Waals surface area contributed by atoms with Crippen LogP contribution in [0.3, 0.4) is 0 Å². The van der Waals surface area contributed by atoms with Crippen LogP contribution < -0.4 is 15.9 Å². The van der Waals surface area contributed by atoms with Crippen molar-refractivity contribution in [3.63, 3.8) is 0 Å². The zero-order chi connectivity index (χ0) is 16.1. The smallest absolute Gasteiger partial charge is 0.108 e. The minimum absolute atomic E-state index is 1.27. The van der Waals surface area contributed by atoms with Crippen LogP contribution in [0.2, 0.25) is 0 Å². The monoisotopic (exact) mass is 319 g/mol. The van der Waals surface area contributed by atoms with Gasteiger partial charge in [0, 0.05) is 15.9 Å². The Kier molecular flexibility index (Phi) is 4.55. The summed E-state index contributed by atoms with van der Waals surface area (Å²) >= 11 is 0. The lowest BCUT2D eigenvalue weighted by atomic mass is 10.4. The summed E-state index contributed by atoms with van der Waals surface area (Å²) in [6.07, 6.45) is 0. The van der Waals surface area contributed by atoms with E-state index in [0.717, 1.165) is 0 Å². The minimum atomic E-state index is -2.04. The molecule has 0 aliphatic carbocycles. The Hall–Kier alpha value is -2.44. The van der Waals surface area contributed by atoms with Gasteiger partial charge in [-0.1, -0.05) is 54.6 Å². The fourth-order valence-electron chi connectivity index (χ4n) is 2.97. The summed E-state index contributed by atoms with van der Waals surface area (Å²) < 4.78 is 2.05. The molecule has 3 aromatic carbocycles. The van der Waals surface area contributed by atoms with E-state index in [1.54, 1.807) is 0 Å². The highest BCUT2D eigenvalue weighted by Crippen LogP contribution is 2.45. The lowest BCUT2D eigenvalue weighted by Gasteiger charge is -2.22. The molecule has 3 rings (SSSR count). The summed E-state index contributed by atoms with van der Waals surface area (Å²) in [4.78, 5) is 0. The molecule has 0 fully saturated rings. The van der Waals surface area contributed by atoms with E-state index in [0.29, 0.717) is 0 Å². The van der Waals surface area contributed by atoms with E-state index in [9.17, 15) is 0 Å². The predicted molar refractivity (Wildman–Crippen MR) is 101 cm³/mol. The summed E-state index contributed by atoms with van der Waals surface area (Å²) in [7, 11) is -0.0185. The molecule has 0 aliphatic rings. The van der Waals surface area contributed by atoms with Crippen molar-refractivity contribution in [2.75, 3.05) is 7.05 Å². The zero-order valence-electron chi connectivity index (χ0n) is 13.2. The first kappa shape index (κ1) is 15.5. The summed E-state index contributed by atoms with van der Waals surface area (Å²) in [5, 5.41) is 8.13. The quantitative estimate of drug-likeness (QED) is 0.398. The fraction of sp³-hybridized carbons (Fsp3) is 0.0500. The van der Waals surface area contributed by atoms with Crippen LogP contribution in [0.25, 0.3) is 0 Å². The normalized spacial score (nSPS) is 11.0. The largest absolute Gasteiger partial charge is 0.215 e. The van der Waals surface area contributed by atoms with Crippen LogP contribution in [0.5, 0.6) is 0 Å². The van der Waals surface area contributed by atoms with Crippen LogP contribution in [-0.2, 0) is 0 Å². The number of hydrazone groups is 1. The van der Waals surface area contributed by atoms with Gasteiger partial charge in [0.2, 0.25) is 7.05 Å². The third-order valence-corrected chi connectivity index (χ3v) is 8.16. The average molecular weight is 319 g/mol. The highest BCUT2D eigenvalue weighted by atomic mass is 31.2. The molecule has 114 valence electrons. The van der Waals surface area contributed by atoms with Crippen LogP contribution in [0.4, 0.5) is 0 Å². The summed E-state index contributed by atoms with van der Waals surface area (Å²) in [5.41, 5.74) is 0. The standard InChI is InChI=1S/C20H20N2P/c1-21-22(2)23(18-12-6-3-7-13-18,19-14-8-4-9-15-19)20-16-10-5-11-17-20/h3-17H,1H2,2H3/q+1. The minimum Gasteiger partial charge on any atom is -0.108 e. The Morgan fingerprint density at radius 2 is 0.957 bits per heavy atom. The molecule has 0 unspecified atom stereocenters. The van der Waals surface area contributed by atoms with Gasteiger partial charge in [-0.25, -0.2) is 0 Å². The number of hydrogen-bond donors (Lipinski definition) is 0. The molecular formula is C20H20N2P+. The van der Waals surface area contributed by atoms with Gasteiger partial charge < -0.3 is 0 Å². The highest BCUT2D eigenvalue weighted by Gasteiger charge is 2.36. The van der Waals surface area contributed by atoms with Gasteiger partial charge in [-0.05, 0) is 41.5 Å². The first-order chi connectivity index (χ1) is 11.3. The van der Waals surface area contributed by atoms with Crippen LogP contribution in [-0.4, -0.2) is 18.2 Å². The van der Waals surface area contributed by atoms with Crippen molar-refractivity contribution in [3.05, 3.63) is 91.0 Å². The van der Waals surface area contributed by atoms with Crippen molar-refractivity contribution < 1.29 is 4.44 Å². The molecule has 23 heavy (non-hydrogen) atoms. The van der Waals surface area contributed by atoms with E-state index in [1.165, 1.54) is 15.9 Å². The summed E-state index contributed by atoms with van der Waals surface area (Å²) in [6, 6.07) is 31.8. The molecule has 0 saturated heterocycles. The van der Waals surface area contributed by atoms with Gasteiger partial charge in [-0.3, -0.25) is 0 Å². The van der Waals surface area contributed by atoms with Gasteiger partial charge in [0.05, 0.1) is 6.72 Å². The van der Waals surface area contributed by atoms with Crippen LogP contribution >= 0.6 is 7.05 Å². The van der Waals surface area contributed by atoms with Gasteiger partial charge in [0.15, 0.2) is 7.05 Å². The lowest BCUT2D eigenvalue weighted by Crippen LogP contribution is -2.30. The number of nitrogens with zero attached hydrogens (tertiary/aromatic N) is 2. The van der Waals surface area contributed by atoms with Crippen LogP contribution in [0.1, 0.15) is 0 Å². The molecule has 0 bridgehead atoms. The van der Waals surface area contributed by atoms with E-state index < -0.39 is 7.05 Å². The second-order valence-corrected chi connectivity index (χ2v) is 8.67. The molecule has 3 heteroatoms. The predicted octanol–water partition coefficient (Wildman–Crippen LogP) is 3.42. The van der Waals surface area contributed by atoms with Crippen molar-refractivity contribution >= 4 is 29.7 Å². The number of hydrogen-bond acceptors (Lipinski definition) is 0. The van der Waals surface area contributed by atoms with Gasteiger partial charge in [0.25, 0.3) is 0 Å². The molecule has 0 N–H and O–H groups in total. The van der Waals surface area contributed by atoms with Gasteiger partial charge in [-0.15, -0.1) is 4.44 Å². The van der Waals surface area contributed by atoms with Crippen LogP contribution in [0, 0.1) is 0 Å². The highest BCUT2D eigenvalue weighted by molar-refractivity contribution is 7.85. The third kappa shape index (κ3) is 2.67. The maximum Gasteiger partial charge on any atom is 0.215 e. The maximum atomic E-state index is 4.32. The average Bonchev–Trinajstić information content (AvgIpc) is 2.65. The Morgan fingerprint density at radius 3 is 1.22 bits per heavy atom. The van der Waals surface area contributed by atoms with E-state index in [4.69, 9.17) is 0 Å². The van der Waals surface area contributed by atoms with Crippen LogP contribution in [0.15, 0.2) is 96.1 Å². The Bertz CT molecular complexity index is 737. The molecule has 0 spiro atoms. The molecule has 0 aromatic heterocycles. The van der Waals surface area contributed by atoms with E-state index in [1.807, 2.05) is 11.5 Å². The van der Waals surface area contributed by atoms with E-state index >= 15 is 0 Å². The first-order valence-corrected chi connectivity index (χ1v) is 9.31. The van der Waals surface area contributed by atoms with E-state index in [-0.39, 0.29) is 0 Å².